The molecule has 2 aromatic heterocycles. The van der Waals surface area contributed by atoms with Crippen LogP contribution in [-0.2, 0) is 11.3 Å². The molecule has 0 spiro atoms. The zero-order valence-electron chi connectivity index (χ0n) is 16.8. The number of nitrogens with one attached hydrogen (secondary N) is 1. The van der Waals surface area contributed by atoms with Gasteiger partial charge in [0.2, 0.25) is 0 Å². The van der Waals surface area contributed by atoms with Crippen molar-refractivity contribution in [2.75, 3.05) is 11.5 Å². The molecule has 1 aromatic carbocycles. The molecular weight excluding hydrogens is 432 g/mol. The maximum atomic E-state index is 10.7. The predicted octanol–water partition coefficient (Wildman–Crippen LogP) is 4.60. The third-order valence-corrected chi connectivity index (χ3v) is 6.44. The number of hydrogen-bond acceptors (Lipinski definition) is 4. The Bertz CT molecular complexity index is 1080. The van der Waals surface area contributed by atoms with Crippen molar-refractivity contribution in [1.29, 1.82) is 0 Å². The molecule has 160 valence electrons. The van der Waals surface area contributed by atoms with Crippen LogP contribution in [0.2, 0.25) is 5.02 Å². The zero-order valence-corrected chi connectivity index (χ0v) is 18.4. The SMILES string of the molecule is Oc1ccc(Cl)cc1N1C(=S)N[C@H](c2ccccn2)[C@H]1c1cccn1C[C@H]1CCCO1. The van der Waals surface area contributed by atoms with E-state index < -0.39 is 0 Å². The van der Waals surface area contributed by atoms with E-state index in [1.165, 1.54) is 0 Å². The van der Waals surface area contributed by atoms with Gasteiger partial charge in [0, 0.05) is 36.3 Å². The number of ether oxygens (including phenoxy) is 1. The Kier molecular flexibility index (Phi) is 5.56. The molecule has 2 saturated heterocycles. The lowest BCUT2D eigenvalue weighted by Crippen LogP contribution is -2.31. The molecule has 2 fully saturated rings. The highest BCUT2D eigenvalue weighted by Gasteiger charge is 2.43. The Morgan fingerprint density at radius 3 is 2.90 bits per heavy atom. The first-order valence-electron chi connectivity index (χ1n) is 10.4. The van der Waals surface area contributed by atoms with Crippen LogP contribution in [0.25, 0.3) is 0 Å². The first-order chi connectivity index (χ1) is 15.1. The molecule has 5 rings (SSSR count). The van der Waals surface area contributed by atoms with Crippen LogP contribution in [-0.4, -0.2) is 32.5 Å². The third kappa shape index (κ3) is 3.89. The van der Waals surface area contributed by atoms with Crippen LogP contribution in [0.5, 0.6) is 5.75 Å². The maximum absolute atomic E-state index is 10.7. The van der Waals surface area contributed by atoms with Gasteiger partial charge < -0.3 is 24.6 Å². The van der Waals surface area contributed by atoms with Gasteiger partial charge in [-0.2, -0.15) is 0 Å². The molecule has 0 saturated carbocycles. The number of nitrogens with zero attached hydrogens (tertiary/aromatic N) is 3. The molecule has 4 heterocycles. The molecule has 0 amide bonds. The average Bonchev–Trinajstić information content (AvgIpc) is 3.51. The minimum atomic E-state index is -0.219. The smallest absolute Gasteiger partial charge is 0.174 e. The lowest BCUT2D eigenvalue weighted by Gasteiger charge is -2.30. The average molecular weight is 455 g/mol. The van der Waals surface area contributed by atoms with Crippen molar-refractivity contribution in [1.82, 2.24) is 14.9 Å². The molecule has 2 N–H and O–H groups in total. The standard InChI is InChI=1S/C23H23ClN4O2S/c24-15-8-9-20(29)19(13-15)28-22(21(26-23(28)31)17-6-1-2-10-25-17)18-7-3-11-27(18)14-16-5-4-12-30-16/h1-3,6-11,13,16,21-22,29H,4-5,12,14H2,(H,26,31)/t16-,21-,22-/m1/s1. The summed E-state index contributed by atoms with van der Waals surface area (Å²) in [6, 6.07) is 14.6. The van der Waals surface area contributed by atoms with Crippen molar-refractivity contribution in [3.8, 4) is 5.75 Å². The van der Waals surface area contributed by atoms with Crippen LogP contribution >= 0.6 is 23.8 Å². The van der Waals surface area contributed by atoms with E-state index in [9.17, 15) is 5.11 Å². The van der Waals surface area contributed by atoms with Gasteiger partial charge in [-0.1, -0.05) is 17.7 Å². The Morgan fingerprint density at radius 2 is 2.13 bits per heavy atom. The Hall–Kier alpha value is -2.61. The van der Waals surface area contributed by atoms with E-state index in [1.807, 2.05) is 29.2 Å². The minimum Gasteiger partial charge on any atom is -0.506 e. The lowest BCUT2D eigenvalue weighted by atomic mass is 10.0. The molecule has 2 aliphatic rings. The van der Waals surface area contributed by atoms with Gasteiger partial charge in [-0.05, 0) is 67.5 Å². The van der Waals surface area contributed by atoms with Crippen molar-refractivity contribution in [3.63, 3.8) is 0 Å². The second-order valence-corrected chi connectivity index (χ2v) is 8.67. The van der Waals surface area contributed by atoms with E-state index in [-0.39, 0.29) is 23.9 Å². The summed E-state index contributed by atoms with van der Waals surface area (Å²) in [7, 11) is 0. The van der Waals surface area contributed by atoms with Gasteiger partial charge in [0.1, 0.15) is 11.8 Å². The number of halogens is 1. The number of hydrogen-bond donors (Lipinski definition) is 2. The lowest BCUT2D eigenvalue weighted by molar-refractivity contribution is 0.0961. The van der Waals surface area contributed by atoms with Gasteiger partial charge in [0.25, 0.3) is 0 Å². The van der Waals surface area contributed by atoms with E-state index in [2.05, 4.69) is 27.1 Å². The minimum absolute atomic E-state index is 0.123. The van der Waals surface area contributed by atoms with E-state index in [0.717, 1.165) is 37.4 Å². The summed E-state index contributed by atoms with van der Waals surface area (Å²) in [5.74, 6) is 0.123. The Balaban J connectivity index is 1.60. The van der Waals surface area contributed by atoms with Gasteiger partial charge in [-0.15, -0.1) is 0 Å². The van der Waals surface area contributed by atoms with Crippen LogP contribution in [0.4, 0.5) is 5.69 Å². The van der Waals surface area contributed by atoms with E-state index >= 15 is 0 Å². The number of thiocarbonyl (C=S) groups is 1. The van der Waals surface area contributed by atoms with Gasteiger partial charge in [-0.25, -0.2) is 0 Å². The molecule has 0 radical (unpaired) electrons. The Labute approximate surface area is 191 Å². The van der Waals surface area contributed by atoms with E-state index in [4.69, 9.17) is 28.6 Å². The van der Waals surface area contributed by atoms with Crippen molar-refractivity contribution < 1.29 is 9.84 Å². The first kappa shape index (κ1) is 20.3. The molecule has 31 heavy (non-hydrogen) atoms. The Morgan fingerprint density at radius 1 is 1.23 bits per heavy atom. The fraction of sp³-hybridized carbons (Fsp3) is 0.304. The summed E-state index contributed by atoms with van der Waals surface area (Å²) < 4.78 is 8.10. The van der Waals surface area contributed by atoms with Gasteiger partial charge >= 0.3 is 0 Å². The number of pyridine rings is 1. The molecule has 3 aromatic rings. The number of anilines is 1. The van der Waals surface area contributed by atoms with Gasteiger partial charge in [-0.3, -0.25) is 4.98 Å². The fourth-order valence-electron chi connectivity index (χ4n) is 4.47. The molecule has 0 bridgehead atoms. The van der Waals surface area contributed by atoms with Crippen molar-refractivity contribution in [2.24, 2.45) is 0 Å². The van der Waals surface area contributed by atoms with E-state index in [0.29, 0.717) is 15.8 Å². The first-order valence-corrected chi connectivity index (χ1v) is 11.2. The van der Waals surface area contributed by atoms with Crippen LogP contribution in [0.3, 0.4) is 0 Å². The summed E-state index contributed by atoms with van der Waals surface area (Å²) in [6.45, 7) is 1.59. The maximum Gasteiger partial charge on any atom is 0.174 e. The highest BCUT2D eigenvalue weighted by molar-refractivity contribution is 7.80. The largest absolute Gasteiger partial charge is 0.506 e. The topological polar surface area (TPSA) is 62.5 Å². The summed E-state index contributed by atoms with van der Waals surface area (Å²) in [4.78, 5) is 6.53. The van der Waals surface area contributed by atoms with Crippen molar-refractivity contribution in [2.45, 2.75) is 37.6 Å². The second-order valence-electron chi connectivity index (χ2n) is 7.85. The van der Waals surface area contributed by atoms with Crippen LogP contribution in [0.15, 0.2) is 60.9 Å². The second kappa shape index (κ2) is 8.49. The molecule has 0 aliphatic carbocycles. The highest BCUT2D eigenvalue weighted by atomic mass is 35.5. The third-order valence-electron chi connectivity index (χ3n) is 5.89. The monoisotopic (exact) mass is 454 g/mol. The van der Waals surface area contributed by atoms with Crippen LogP contribution in [0, 0.1) is 0 Å². The number of benzene rings is 1. The van der Waals surface area contributed by atoms with Crippen molar-refractivity contribution in [3.05, 3.63) is 77.3 Å². The quantitative estimate of drug-likeness (QED) is 0.549. The van der Waals surface area contributed by atoms with Crippen molar-refractivity contribution >= 4 is 34.6 Å². The van der Waals surface area contributed by atoms with Gasteiger partial charge in [0.15, 0.2) is 5.11 Å². The van der Waals surface area contributed by atoms with Gasteiger partial charge in [0.05, 0.1) is 23.5 Å². The molecule has 0 unspecified atom stereocenters. The number of aromatic nitrogens is 2. The molecule has 6 nitrogen and oxygen atoms in total. The summed E-state index contributed by atoms with van der Waals surface area (Å²) in [5, 5.41) is 15.1. The normalized spacial score (nSPS) is 23.3. The predicted molar refractivity (Wildman–Crippen MR) is 124 cm³/mol. The number of phenolic OH excluding ortho intramolecular Hbond substituents is 1. The molecular formula is C23H23ClN4O2S. The van der Waals surface area contributed by atoms with E-state index in [1.54, 1.807) is 24.4 Å². The number of aromatic hydroxyl groups is 1. The summed E-state index contributed by atoms with van der Waals surface area (Å²) in [5.41, 5.74) is 2.51. The molecule has 3 atom stereocenters. The fourth-order valence-corrected chi connectivity index (χ4v) is 4.98. The summed E-state index contributed by atoms with van der Waals surface area (Å²) >= 11 is 12.0. The molecule has 2 aliphatic heterocycles. The molecule has 8 heteroatoms. The zero-order chi connectivity index (χ0) is 21.4. The highest BCUT2D eigenvalue weighted by Crippen LogP contribution is 2.45. The number of rotatable bonds is 5. The summed E-state index contributed by atoms with van der Waals surface area (Å²) in [6.07, 6.45) is 6.21. The van der Waals surface area contributed by atoms with Crippen LogP contribution < -0.4 is 10.2 Å². The number of phenols is 1. The van der Waals surface area contributed by atoms with Crippen LogP contribution in [0.1, 0.15) is 36.3 Å².